The summed E-state index contributed by atoms with van der Waals surface area (Å²) in [6.07, 6.45) is 0.369. The molecule has 0 bridgehead atoms. The Morgan fingerprint density at radius 2 is 1.72 bits per heavy atom. The number of hydrazone groups is 1. The first-order chi connectivity index (χ1) is 13.8. The van der Waals surface area contributed by atoms with Crippen LogP contribution < -0.4 is 19.2 Å². The van der Waals surface area contributed by atoms with Gasteiger partial charge in [-0.25, -0.2) is 13.8 Å². The molecule has 0 saturated heterocycles. The van der Waals surface area contributed by atoms with Gasteiger partial charge in [0.15, 0.2) is 11.5 Å². The average Bonchev–Trinajstić information content (AvgIpc) is 2.72. The van der Waals surface area contributed by atoms with Crippen LogP contribution in [0.25, 0.3) is 0 Å². The van der Waals surface area contributed by atoms with Crippen molar-refractivity contribution < 1.29 is 22.7 Å². The molecule has 2 aromatic carbocycles. The van der Waals surface area contributed by atoms with E-state index in [1.807, 2.05) is 6.92 Å². The van der Waals surface area contributed by atoms with Crippen LogP contribution >= 0.6 is 0 Å². The van der Waals surface area contributed by atoms with E-state index >= 15 is 0 Å². The second kappa shape index (κ2) is 8.12. The molecule has 3 rings (SSSR count). The Labute approximate surface area is 170 Å². The molecule has 1 amide bonds. The number of nitrogens with one attached hydrogen (secondary N) is 1. The minimum absolute atomic E-state index is 0.0113. The molecule has 0 aliphatic carbocycles. The summed E-state index contributed by atoms with van der Waals surface area (Å²) in [6, 6.07) is 11.5. The lowest BCUT2D eigenvalue weighted by atomic mass is 9.94. The first kappa shape index (κ1) is 20.7. The molecule has 0 saturated carbocycles. The molecule has 29 heavy (non-hydrogen) atoms. The maximum absolute atomic E-state index is 13.0. The molecular weight excluding hydrogens is 394 g/mol. The Hall–Kier alpha value is -3.07. The van der Waals surface area contributed by atoms with E-state index in [4.69, 9.17) is 9.47 Å². The van der Waals surface area contributed by atoms with Gasteiger partial charge in [-0.2, -0.15) is 5.10 Å². The summed E-state index contributed by atoms with van der Waals surface area (Å²) in [5, 5.41) is 4.13. The summed E-state index contributed by atoms with van der Waals surface area (Å²) >= 11 is 0. The number of sulfonamides is 1. The normalized spacial score (nSPS) is 16.6. The van der Waals surface area contributed by atoms with Gasteiger partial charge in [0, 0.05) is 25.5 Å². The molecular formula is C20H23N3O5S. The Kier molecular flexibility index (Phi) is 5.78. The Morgan fingerprint density at radius 3 is 2.31 bits per heavy atom. The molecule has 154 valence electrons. The van der Waals surface area contributed by atoms with Crippen LogP contribution in [0, 0.1) is 5.92 Å². The summed E-state index contributed by atoms with van der Waals surface area (Å²) in [4.78, 5) is 11.5. The predicted molar refractivity (Wildman–Crippen MR) is 110 cm³/mol. The topological polar surface area (TPSA) is 97.3 Å². The zero-order chi connectivity index (χ0) is 21.2. The van der Waals surface area contributed by atoms with Gasteiger partial charge in [0.05, 0.1) is 30.5 Å². The molecule has 0 fully saturated rings. The van der Waals surface area contributed by atoms with E-state index in [0.29, 0.717) is 23.6 Å². The predicted octanol–water partition coefficient (Wildman–Crippen LogP) is 2.39. The van der Waals surface area contributed by atoms with Crippen molar-refractivity contribution in [1.82, 2.24) is 5.43 Å². The van der Waals surface area contributed by atoms with E-state index in [1.54, 1.807) is 30.3 Å². The van der Waals surface area contributed by atoms with Gasteiger partial charge in [0.1, 0.15) is 0 Å². The Bertz CT molecular complexity index is 1050. The summed E-state index contributed by atoms with van der Waals surface area (Å²) in [5.41, 5.74) is 4.58. The van der Waals surface area contributed by atoms with Gasteiger partial charge in [-0.15, -0.1) is 0 Å². The van der Waals surface area contributed by atoms with Crippen molar-refractivity contribution in [2.45, 2.75) is 18.2 Å². The molecule has 1 aliphatic heterocycles. The number of anilines is 1. The molecule has 0 aromatic heterocycles. The van der Waals surface area contributed by atoms with Crippen molar-refractivity contribution >= 4 is 27.3 Å². The fourth-order valence-electron chi connectivity index (χ4n) is 3.12. The van der Waals surface area contributed by atoms with Crippen LogP contribution in [-0.2, 0) is 14.8 Å². The highest BCUT2D eigenvalue weighted by molar-refractivity contribution is 7.92. The van der Waals surface area contributed by atoms with Crippen molar-refractivity contribution in [2.24, 2.45) is 11.0 Å². The molecule has 1 aliphatic rings. The molecule has 8 nitrogen and oxygen atoms in total. The Balaban J connectivity index is 1.88. The molecule has 9 heteroatoms. The lowest BCUT2D eigenvalue weighted by molar-refractivity contribution is -0.121. The standard InChI is InChI=1S/C20H23N3O5S/c1-13-11-19(24)21-22-20(13)14-5-7-15(8-6-14)23(2)29(25,26)16-9-10-17(27-3)18(12-16)28-4/h5-10,12-13H,11H2,1-4H3,(H,21,24). The number of carbonyl (C=O) groups excluding carboxylic acids is 1. The van der Waals surface area contributed by atoms with Crippen molar-refractivity contribution in [2.75, 3.05) is 25.6 Å². The highest BCUT2D eigenvalue weighted by Crippen LogP contribution is 2.31. The summed E-state index contributed by atoms with van der Waals surface area (Å²) in [6.45, 7) is 1.93. The second-order valence-corrected chi connectivity index (χ2v) is 8.64. The number of benzene rings is 2. The van der Waals surface area contributed by atoms with Gasteiger partial charge in [-0.1, -0.05) is 19.1 Å². The summed E-state index contributed by atoms with van der Waals surface area (Å²) in [7, 11) is 0.634. The third-order valence-electron chi connectivity index (χ3n) is 4.80. The number of rotatable bonds is 6. The molecule has 1 atom stereocenters. The fourth-order valence-corrected chi connectivity index (χ4v) is 4.33. The van der Waals surface area contributed by atoms with Gasteiger partial charge in [-0.05, 0) is 29.8 Å². The number of methoxy groups -OCH3 is 2. The second-order valence-electron chi connectivity index (χ2n) is 6.67. The monoisotopic (exact) mass is 417 g/mol. The van der Waals surface area contributed by atoms with Crippen molar-refractivity contribution in [1.29, 1.82) is 0 Å². The fraction of sp³-hybridized carbons (Fsp3) is 0.300. The maximum atomic E-state index is 13.0. The molecule has 1 N–H and O–H groups in total. The first-order valence-corrected chi connectivity index (χ1v) is 10.4. The molecule has 2 aromatic rings. The minimum Gasteiger partial charge on any atom is -0.493 e. The van der Waals surface area contributed by atoms with Gasteiger partial charge >= 0.3 is 0 Å². The van der Waals surface area contributed by atoms with Crippen molar-refractivity contribution in [3.05, 3.63) is 48.0 Å². The summed E-state index contributed by atoms with van der Waals surface area (Å²) in [5.74, 6) is 0.665. The van der Waals surface area contributed by atoms with Crippen LogP contribution in [0.3, 0.4) is 0 Å². The van der Waals surface area contributed by atoms with Crippen LogP contribution in [0.5, 0.6) is 11.5 Å². The third kappa shape index (κ3) is 4.04. The van der Waals surface area contributed by atoms with Gasteiger partial charge in [-0.3, -0.25) is 9.10 Å². The minimum atomic E-state index is -3.79. The van der Waals surface area contributed by atoms with Crippen molar-refractivity contribution in [3.63, 3.8) is 0 Å². The first-order valence-electron chi connectivity index (χ1n) is 8.95. The van der Waals surface area contributed by atoms with Crippen LogP contribution in [0.1, 0.15) is 18.9 Å². The molecule has 0 spiro atoms. The lowest BCUT2D eigenvalue weighted by Gasteiger charge is -2.22. The van der Waals surface area contributed by atoms with E-state index in [9.17, 15) is 13.2 Å². The average molecular weight is 417 g/mol. The zero-order valence-corrected chi connectivity index (χ0v) is 17.5. The number of amides is 1. The van der Waals surface area contributed by atoms with E-state index in [1.165, 1.54) is 37.7 Å². The van der Waals surface area contributed by atoms with E-state index in [0.717, 1.165) is 11.3 Å². The quantitative estimate of drug-likeness (QED) is 0.778. The summed E-state index contributed by atoms with van der Waals surface area (Å²) < 4.78 is 37.6. The van der Waals surface area contributed by atoms with Crippen LogP contribution in [0.4, 0.5) is 5.69 Å². The number of nitrogens with zero attached hydrogens (tertiary/aromatic N) is 2. The van der Waals surface area contributed by atoms with Crippen LogP contribution in [-0.4, -0.2) is 41.3 Å². The highest BCUT2D eigenvalue weighted by Gasteiger charge is 2.25. The molecule has 0 radical (unpaired) electrons. The van der Waals surface area contributed by atoms with Crippen LogP contribution in [0.15, 0.2) is 52.5 Å². The maximum Gasteiger partial charge on any atom is 0.264 e. The molecule has 1 heterocycles. The number of hydrogen-bond acceptors (Lipinski definition) is 6. The Morgan fingerprint density at radius 1 is 1.07 bits per heavy atom. The van der Waals surface area contributed by atoms with Gasteiger partial charge in [0.25, 0.3) is 10.0 Å². The number of hydrogen-bond donors (Lipinski definition) is 1. The lowest BCUT2D eigenvalue weighted by Crippen LogP contribution is -2.32. The van der Waals surface area contributed by atoms with Gasteiger partial charge < -0.3 is 9.47 Å². The number of ether oxygens (including phenoxy) is 2. The van der Waals surface area contributed by atoms with Crippen LogP contribution in [0.2, 0.25) is 0 Å². The smallest absolute Gasteiger partial charge is 0.264 e. The van der Waals surface area contributed by atoms with Gasteiger partial charge in [0.2, 0.25) is 5.91 Å². The third-order valence-corrected chi connectivity index (χ3v) is 6.58. The van der Waals surface area contributed by atoms with E-state index in [-0.39, 0.29) is 16.7 Å². The zero-order valence-electron chi connectivity index (χ0n) is 16.7. The largest absolute Gasteiger partial charge is 0.493 e. The SMILES string of the molecule is COc1ccc(S(=O)(=O)N(C)c2ccc(C3=NNC(=O)CC3C)cc2)cc1OC. The van der Waals surface area contributed by atoms with Crippen molar-refractivity contribution in [3.8, 4) is 11.5 Å². The molecule has 1 unspecified atom stereocenters. The highest BCUT2D eigenvalue weighted by atomic mass is 32.2. The van der Waals surface area contributed by atoms with E-state index in [2.05, 4.69) is 10.5 Å². The van der Waals surface area contributed by atoms with E-state index < -0.39 is 10.0 Å². The number of carbonyl (C=O) groups is 1.